The minimum absolute atomic E-state index is 0.0181. The predicted molar refractivity (Wildman–Crippen MR) is 117 cm³/mol. The van der Waals surface area contributed by atoms with E-state index in [1.165, 1.54) is 6.07 Å². The van der Waals surface area contributed by atoms with E-state index in [0.717, 1.165) is 27.8 Å². The third-order valence-electron chi connectivity index (χ3n) is 4.92. The monoisotopic (exact) mass is 404 g/mol. The van der Waals surface area contributed by atoms with Gasteiger partial charge in [-0.2, -0.15) is 0 Å². The molecule has 154 valence electrons. The van der Waals surface area contributed by atoms with Gasteiger partial charge < -0.3 is 9.84 Å². The number of rotatable bonds is 7. The molecule has 3 aromatic carbocycles. The summed E-state index contributed by atoms with van der Waals surface area (Å²) in [5.74, 6) is -0.796. The number of aryl methyl sites for hydroxylation is 1. The van der Waals surface area contributed by atoms with E-state index >= 15 is 0 Å². The van der Waals surface area contributed by atoms with Crippen LogP contribution in [0.5, 0.6) is 0 Å². The van der Waals surface area contributed by atoms with Gasteiger partial charge in [-0.25, -0.2) is 9.18 Å². The van der Waals surface area contributed by atoms with Gasteiger partial charge >= 0.3 is 5.97 Å². The highest BCUT2D eigenvalue weighted by molar-refractivity contribution is 5.87. The largest absolute Gasteiger partial charge is 0.457 e. The van der Waals surface area contributed by atoms with Crippen molar-refractivity contribution in [3.8, 4) is 22.3 Å². The van der Waals surface area contributed by atoms with Crippen molar-refractivity contribution >= 4 is 5.97 Å². The molecule has 4 heteroatoms. The van der Waals surface area contributed by atoms with Crippen LogP contribution in [0.3, 0.4) is 0 Å². The van der Waals surface area contributed by atoms with Crippen LogP contribution in [0, 0.1) is 12.7 Å². The lowest BCUT2D eigenvalue weighted by atomic mass is 9.94. The summed E-state index contributed by atoms with van der Waals surface area (Å²) in [7, 11) is 0. The van der Waals surface area contributed by atoms with E-state index in [1.807, 2.05) is 55.5 Å². The second-order valence-electron chi connectivity index (χ2n) is 7.38. The van der Waals surface area contributed by atoms with Crippen molar-refractivity contribution in [3.63, 3.8) is 0 Å². The Bertz CT molecular complexity index is 1070. The zero-order chi connectivity index (χ0) is 21.7. The molecule has 3 nitrogen and oxygen atoms in total. The molecule has 30 heavy (non-hydrogen) atoms. The van der Waals surface area contributed by atoms with Gasteiger partial charge in [0.25, 0.3) is 0 Å². The molecule has 0 amide bonds. The van der Waals surface area contributed by atoms with Gasteiger partial charge in [0.05, 0.1) is 0 Å². The fraction of sp³-hybridized carbons (Fsp3) is 0.192. The number of carbonyl (C=O) groups is 1. The van der Waals surface area contributed by atoms with E-state index in [2.05, 4.69) is 6.58 Å². The maximum absolute atomic E-state index is 14.9. The lowest BCUT2D eigenvalue weighted by Gasteiger charge is -2.14. The van der Waals surface area contributed by atoms with E-state index < -0.39 is 5.97 Å². The molecule has 0 unspecified atom stereocenters. The second kappa shape index (κ2) is 9.51. The molecule has 0 bridgehead atoms. The Balaban J connectivity index is 1.97. The third kappa shape index (κ3) is 5.02. The smallest absolute Gasteiger partial charge is 0.333 e. The highest BCUT2D eigenvalue weighted by Crippen LogP contribution is 2.31. The molecule has 0 saturated carbocycles. The summed E-state index contributed by atoms with van der Waals surface area (Å²) >= 11 is 0. The highest BCUT2D eigenvalue weighted by Gasteiger charge is 2.13. The number of aliphatic hydroxyl groups is 1. The van der Waals surface area contributed by atoms with Crippen LogP contribution in [0.25, 0.3) is 22.3 Å². The van der Waals surface area contributed by atoms with Crippen LogP contribution in [-0.4, -0.2) is 17.7 Å². The third-order valence-corrected chi connectivity index (χ3v) is 4.92. The van der Waals surface area contributed by atoms with Crippen molar-refractivity contribution in [1.29, 1.82) is 0 Å². The van der Waals surface area contributed by atoms with Gasteiger partial charge in [-0.15, -0.1) is 0 Å². The molecule has 0 radical (unpaired) electrons. The van der Waals surface area contributed by atoms with Crippen LogP contribution in [0.4, 0.5) is 4.39 Å². The molecule has 3 rings (SSSR count). The Labute approximate surface area is 176 Å². The first kappa shape index (κ1) is 21.5. The minimum Gasteiger partial charge on any atom is -0.457 e. The van der Waals surface area contributed by atoms with Crippen molar-refractivity contribution in [3.05, 3.63) is 95.3 Å². The zero-order valence-corrected chi connectivity index (χ0v) is 17.2. The van der Waals surface area contributed by atoms with Crippen LogP contribution in [0.15, 0.2) is 72.8 Å². The maximum atomic E-state index is 14.9. The van der Waals surface area contributed by atoms with Gasteiger partial charge in [0.15, 0.2) is 0 Å². The number of hydrogen-bond acceptors (Lipinski definition) is 3. The Kier molecular flexibility index (Phi) is 6.80. The fourth-order valence-electron chi connectivity index (χ4n) is 3.25. The van der Waals surface area contributed by atoms with Gasteiger partial charge in [-0.05, 0) is 54.2 Å². The zero-order valence-electron chi connectivity index (χ0n) is 17.2. The topological polar surface area (TPSA) is 46.5 Å². The van der Waals surface area contributed by atoms with E-state index in [0.29, 0.717) is 23.1 Å². The second-order valence-corrected chi connectivity index (χ2v) is 7.38. The summed E-state index contributed by atoms with van der Waals surface area (Å²) < 4.78 is 20.3. The first-order valence-electron chi connectivity index (χ1n) is 9.81. The molecule has 3 aromatic rings. The molecule has 0 spiro atoms. The molecule has 0 aliphatic heterocycles. The van der Waals surface area contributed by atoms with Crippen molar-refractivity contribution in [2.45, 2.75) is 26.9 Å². The molecule has 0 aliphatic carbocycles. The van der Waals surface area contributed by atoms with Gasteiger partial charge in [-0.3, -0.25) is 0 Å². The van der Waals surface area contributed by atoms with E-state index in [4.69, 9.17) is 4.74 Å². The van der Waals surface area contributed by atoms with Gasteiger partial charge in [0.1, 0.15) is 12.4 Å². The average Bonchev–Trinajstić information content (AvgIpc) is 2.73. The SMILES string of the molecule is C=C(C)C(=O)OCc1cc(CCO)ccc1-c1ccc(-c2ccc(C)cc2)c(F)c1. The van der Waals surface area contributed by atoms with Crippen LogP contribution in [0.2, 0.25) is 0 Å². The summed E-state index contributed by atoms with van der Waals surface area (Å²) in [6, 6.07) is 18.5. The quantitative estimate of drug-likeness (QED) is 0.410. The Hall–Kier alpha value is -3.24. The summed E-state index contributed by atoms with van der Waals surface area (Å²) in [4.78, 5) is 11.8. The van der Waals surface area contributed by atoms with Crippen molar-refractivity contribution < 1.29 is 19.0 Å². The standard InChI is InChI=1S/C26H25FO3/c1-17(2)26(29)30-16-22-14-19(12-13-28)6-10-23(22)21-9-11-24(25(27)15-21)20-7-4-18(3)5-8-20/h4-11,14-15,28H,1,12-13,16H2,2-3H3. The maximum Gasteiger partial charge on any atom is 0.333 e. The van der Waals surface area contributed by atoms with Gasteiger partial charge in [0.2, 0.25) is 0 Å². The van der Waals surface area contributed by atoms with Crippen LogP contribution >= 0.6 is 0 Å². The van der Waals surface area contributed by atoms with E-state index in [9.17, 15) is 14.3 Å². The molecule has 0 aromatic heterocycles. The molecule has 0 fully saturated rings. The molecule has 1 N–H and O–H groups in total. The Morgan fingerprint density at radius 1 is 1.00 bits per heavy atom. The number of esters is 1. The minimum atomic E-state index is -0.477. The molecular formula is C26H25FO3. The molecule has 0 aliphatic rings. The number of aliphatic hydroxyl groups excluding tert-OH is 1. The summed E-state index contributed by atoms with van der Waals surface area (Å²) in [5.41, 5.74) is 5.92. The van der Waals surface area contributed by atoms with Crippen molar-refractivity contribution in [2.24, 2.45) is 0 Å². The highest BCUT2D eigenvalue weighted by atomic mass is 19.1. The molecule has 0 atom stereocenters. The lowest BCUT2D eigenvalue weighted by Crippen LogP contribution is -2.06. The first-order valence-corrected chi connectivity index (χ1v) is 9.81. The Morgan fingerprint density at radius 3 is 2.30 bits per heavy atom. The molecule has 0 heterocycles. The van der Waals surface area contributed by atoms with Gasteiger partial charge in [0, 0.05) is 17.7 Å². The first-order chi connectivity index (χ1) is 14.4. The Morgan fingerprint density at radius 2 is 1.67 bits per heavy atom. The average molecular weight is 404 g/mol. The van der Waals surface area contributed by atoms with Crippen LogP contribution < -0.4 is 0 Å². The fourth-order valence-corrected chi connectivity index (χ4v) is 3.25. The number of ether oxygens (including phenoxy) is 1. The lowest BCUT2D eigenvalue weighted by molar-refractivity contribution is -0.140. The van der Waals surface area contributed by atoms with Crippen LogP contribution in [-0.2, 0) is 22.6 Å². The molecule has 0 saturated heterocycles. The number of halogens is 1. The predicted octanol–water partition coefficient (Wildman–Crippen LogP) is 5.62. The van der Waals surface area contributed by atoms with Gasteiger partial charge in [-0.1, -0.05) is 66.7 Å². The number of benzene rings is 3. The van der Waals surface area contributed by atoms with E-state index in [1.54, 1.807) is 13.0 Å². The number of carbonyl (C=O) groups excluding carboxylic acids is 1. The number of hydrogen-bond donors (Lipinski definition) is 1. The van der Waals surface area contributed by atoms with Crippen LogP contribution in [0.1, 0.15) is 23.6 Å². The summed E-state index contributed by atoms with van der Waals surface area (Å²) in [6.07, 6.45) is 0.489. The molecular weight excluding hydrogens is 379 g/mol. The summed E-state index contributed by atoms with van der Waals surface area (Å²) in [5, 5.41) is 9.23. The summed E-state index contributed by atoms with van der Waals surface area (Å²) in [6.45, 7) is 7.23. The normalized spacial score (nSPS) is 10.7. The van der Waals surface area contributed by atoms with E-state index in [-0.39, 0.29) is 19.0 Å². The van der Waals surface area contributed by atoms with Crippen molar-refractivity contribution in [1.82, 2.24) is 0 Å². The van der Waals surface area contributed by atoms with Crippen molar-refractivity contribution in [2.75, 3.05) is 6.61 Å².